The Labute approximate surface area is 117 Å². The summed E-state index contributed by atoms with van der Waals surface area (Å²) in [6.07, 6.45) is 3.65. The third-order valence-electron chi connectivity index (χ3n) is 4.04. The van der Waals surface area contributed by atoms with Crippen LogP contribution in [0, 0.1) is 11.8 Å². The largest absolute Gasteiger partial charge is 0.374 e. The number of aldehydes is 1. The number of ether oxygens (including phenoxy) is 1. The van der Waals surface area contributed by atoms with Crippen molar-refractivity contribution < 1.29 is 9.53 Å². The van der Waals surface area contributed by atoms with Gasteiger partial charge < -0.3 is 14.4 Å². The number of hydrogen-bond acceptors (Lipinski definition) is 4. The lowest BCUT2D eigenvalue weighted by molar-refractivity contribution is -0.113. The number of carbonyl (C=O) groups excluding carboxylic acids is 1. The summed E-state index contributed by atoms with van der Waals surface area (Å²) < 4.78 is 5.89. The first kappa shape index (κ1) is 14.9. The number of piperidine rings is 1. The average Bonchev–Trinajstić information content (AvgIpc) is 2.38. The van der Waals surface area contributed by atoms with E-state index in [0.717, 1.165) is 65.0 Å². The van der Waals surface area contributed by atoms with E-state index in [9.17, 15) is 4.79 Å². The van der Waals surface area contributed by atoms with Gasteiger partial charge >= 0.3 is 0 Å². The lowest BCUT2D eigenvalue weighted by Gasteiger charge is -2.38. The van der Waals surface area contributed by atoms with E-state index < -0.39 is 0 Å². The van der Waals surface area contributed by atoms with Gasteiger partial charge in [0.15, 0.2) is 0 Å². The van der Waals surface area contributed by atoms with E-state index in [2.05, 4.69) is 23.6 Å². The first-order chi connectivity index (χ1) is 9.17. The van der Waals surface area contributed by atoms with Crippen LogP contribution < -0.4 is 0 Å². The zero-order chi connectivity index (χ0) is 13.7. The molecular weight excluding hydrogens is 240 g/mol. The minimum atomic E-state index is 0.240. The summed E-state index contributed by atoms with van der Waals surface area (Å²) in [7, 11) is 0. The van der Waals surface area contributed by atoms with Crippen molar-refractivity contribution in [3.63, 3.8) is 0 Å². The molecule has 2 saturated heterocycles. The van der Waals surface area contributed by atoms with E-state index in [1.54, 1.807) is 0 Å². The minimum Gasteiger partial charge on any atom is -0.374 e. The number of hydrogen-bond donors (Lipinski definition) is 0. The van der Waals surface area contributed by atoms with Gasteiger partial charge in [-0.05, 0) is 25.3 Å². The Bertz CT molecular complexity index is 283. The molecule has 0 amide bonds. The second kappa shape index (κ2) is 7.36. The van der Waals surface area contributed by atoms with Crippen molar-refractivity contribution in [3.05, 3.63) is 0 Å². The highest BCUT2D eigenvalue weighted by molar-refractivity contribution is 5.53. The quantitative estimate of drug-likeness (QED) is 0.703. The molecule has 110 valence electrons. The van der Waals surface area contributed by atoms with E-state index in [-0.39, 0.29) is 5.92 Å². The fourth-order valence-electron chi connectivity index (χ4n) is 3.23. The number of rotatable bonds is 5. The Balaban J connectivity index is 1.76. The van der Waals surface area contributed by atoms with Crippen molar-refractivity contribution >= 4 is 6.29 Å². The molecule has 2 aliphatic heterocycles. The first-order valence-electron chi connectivity index (χ1n) is 7.69. The summed E-state index contributed by atoms with van der Waals surface area (Å²) in [4.78, 5) is 15.8. The Morgan fingerprint density at radius 3 is 2.84 bits per heavy atom. The highest BCUT2D eigenvalue weighted by Crippen LogP contribution is 2.16. The summed E-state index contributed by atoms with van der Waals surface area (Å²) in [5.74, 6) is 0.956. The van der Waals surface area contributed by atoms with Crippen molar-refractivity contribution in [2.45, 2.75) is 32.8 Å². The summed E-state index contributed by atoms with van der Waals surface area (Å²) in [6, 6.07) is 0. The Hall–Kier alpha value is -0.450. The van der Waals surface area contributed by atoms with Crippen molar-refractivity contribution in [2.75, 3.05) is 45.9 Å². The SMILES string of the molecule is CC(C)CN1CCOC(CN2CCCC(C=O)C2)C1. The van der Waals surface area contributed by atoms with Gasteiger partial charge in [-0.2, -0.15) is 0 Å². The number of nitrogens with zero attached hydrogens (tertiary/aromatic N) is 2. The van der Waals surface area contributed by atoms with Crippen molar-refractivity contribution in [2.24, 2.45) is 11.8 Å². The van der Waals surface area contributed by atoms with Crippen LogP contribution in [0.5, 0.6) is 0 Å². The summed E-state index contributed by atoms with van der Waals surface area (Å²) >= 11 is 0. The fraction of sp³-hybridized carbons (Fsp3) is 0.933. The second-order valence-corrected chi connectivity index (χ2v) is 6.44. The van der Waals surface area contributed by atoms with Crippen LogP contribution in [-0.2, 0) is 9.53 Å². The van der Waals surface area contributed by atoms with E-state index in [1.165, 1.54) is 0 Å². The third kappa shape index (κ3) is 4.86. The summed E-state index contributed by atoms with van der Waals surface area (Å²) in [6.45, 7) is 11.7. The Morgan fingerprint density at radius 2 is 2.11 bits per heavy atom. The predicted octanol–water partition coefficient (Wildman–Crippen LogP) is 1.25. The molecule has 19 heavy (non-hydrogen) atoms. The van der Waals surface area contributed by atoms with E-state index in [1.807, 2.05) is 0 Å². The predicted molar refractivity (Wildman–Crippen MR) is 76.2 cm³/mol. The maximum Gasteiger partial charge on any atom is 0.124 e. The highest BCUT2D eigenvalue weighted by atomic mass is 16.5. The maximum atomic E-state index is 10.9. The van der Waals surface area contributed by atoms with Crippen LogP contribution in [-0.4, -0.2) is 68.1 Å². The van der Waals surface area contributed by atoms with Gasteiger partial charge in [0, 0.05) is 38.6 Å². The third-order valence-corrected chi connectivity index (χ3v) is 4.04. The molecule has 0 aromatic rings. The topological polar surface area (TPSA) is 32.8 Å². The number of morpholine rings is 1. The van der Waals surface area contributed by atoms with Gasteiger partial charge in [-0.25, -0.2) is 0 Å². The van der Waals surface area contributed by atoms with Crippen LogP contribution in [0.2, 0.25) is 0 Å². The van der Waals surface area contributed by atoms with E-state index >= 15 is 0 Å². The molecule has 2 fully saturated rings. The normalized spacial score (nSPS) is 30.7. The molecule has 0 spiro atoms. The molecule has 2 unspecified atom stereocenters. The molecule has 0 saturated carbocycles. The molecule has 2 atom stereocenters. The van der Waals surface area contributed by atoms with Gasteiger partial charge in [0.2, 0.25) is 0 Å². The van der Waals surface area contributed by atoms with Crippen molar-refractivity contribution in [1.82, 2.24) is 9.80 Å². The smallest absolute Gasteiger partial charge is 0.124 e. The second-order valence-electron chi connectivity index (χ2n) is 6.44. The zero-order valence-corrected chi connectivity index (χ0v) is 12.4. The zero-order valence-electron chi connectivity index (χ0n) is 12.4. The van der Waals surface area contributed by atoms with E-state index in [4.69, 9.17) is 4.74 Å². The van der Waals surface area contributed by atoms with Crippen molar-refractivity contribution in [3.8, 4) is 0 Å². The van der Waals surface area contributed by atoms with Crippen LogP contribution in [0.1, 0.15) is 26.7 Å². The molecule has 4 nitrogen and oxygen atoms in total. The summed E-state index contributed by atoms with van der Waals surface area (Å²) in [5, 5.41) is 0. The minimum absolute atomic E-state index is 0.240. The summed E-state index contributed by atoms with van der Waals surface area (Å²) in [5.41, 5.74) is 0. The van der Waals surface area contributed by atoms with Crippen LogP contribution in [0.3, 0.4) is 0 Å². The Morgan fingerprint density at radius 1 is 1.26 bits per heavy atom. The van der Waals surface area contributed by atoms with Crippen LogP contribution in [0.25, 0.3) is 0 Å². The molecule has 2 rings (SSSR count). The molecule has 2 aliphatic rings. The molecule has 0 aromatic heterocycles. The molecule has 0 radical (unpaired) electrons. The average molecular weight is 268 g/mol. The molecule has 2 heterocycles. The van der Waals surface area contributed by atoms with Crippen LogP contribution in [0.15, 0.2) is 0 Å². The lowest BCUT2D eigenvalue weighted by Crippen LogP contribution is -2.50. The van der Waals surface area contributed by atoms with Gasteiger partial charge in [-0.3, -0.25) is 4.90 Å². The highest BCUT2D eigenvalue weighted by Gasteiger charge is 2.26. The molecule has 0 aromatic carbocycles. The lowest BCUT2D eigenvalue weighted by atomic mass is 9.99. The first-order valence-corrected chi connectivity index (χ1v) is 7.69. The molecule has 0 bridgehead atoms. The van der Waals surface area contributed by atoms with Crippen LogP contribution >= 0.6 is 0 Å². The standard InChI is InChI=1S/C15H28N2O2/c1-13(2)8-17-6-7-19-15(11-17)10-16-5-3-4-14(9-16)12-18/h12-15H,3-11H2,1-2H3. The van der Waals surface area contributed by atoms with Gasteiger partial charge in [-0.15, -0.1) is 0 Å². The van der Waals surface area contributed by atoms with Gasteiger partial charge in [0.1, 0.15) is 6.29 Å². The molecule has 0 N–H and O–H groups in total. The van der Waals surface area contributed by atoms with Gasteiger partial charge in [0.25, 0.3) is 0 Å². The molecular formula is C15H28N2O2. The van der Waals surface area contributed by atoms with Gasteiger partial charge in [-0.1, -0.05) is 13.8 Å². The van der Waals surface area contributed by atoms with Crippen molar-refractivity contribution in [1.29, 1.82) is 0 Å². The Kier molecular flexibility index (Phi) is 5.79. The molecule has 4 heteroatoms. The fourth-order valence-corrected chi connectivity index (χ4v) is 3.23. The number of likely N-dealkylation sites (tertiary alicyclic amines) is 1. The van der Waals surface area contributed by atoms with Crippen LogP contribution in [0.4, 0.5) is 0 Å². The molecule has 0 aliphatic carbocycles. The van der Waals surface area contributed by atoms with E-state index in [0.29, 0.717) is 12.0 Å². The van der Waals surface area contributed by atoms with Gasteiger partial charge in [0.05, 0.1) is 12.7 Å². The number of carbonyl (C=O) groups is 1. The monoisotopic (exact) mass is 268 g/mol. The maximum absolute atomic E-state index is 10.9.